The summed E-state index contributed by atoms with van der Waals surface area (Å²) in [4.78, 5) is 18.5. The largest absolute Gasteiger partial charge is 0.396 e. The second kappa shape index (κ2) is 7.24. The van der Waals surface area contributed by atoms with Crippen LogP contribution in [-0.4, -0.2) is 47.1 Å². The van der Waals surface area contributed by atoms with Crippen LogP contribution in [0.2, 0.25) is 0 Å². The number of carbonyl (C=O) groups is 1. The fraction of sp³-hybridized carbons (Fsp3) is 0.600. The molecule has 1 saturated heterocycles. The molecule has 0 radical (unpaired) electrons. The van der Waals surface area contributed by atoms with E-state index in [9.17, 15) is 4.79 Å². The average Bonchev–Trinajstić information content (AvgIpc) is 2.48. The number of amides is 1. The quantitative estimate of drug-likeness (QED) is 0.860. The highest BCUT2D eigenvalue weighted by atomic mass is 16.3. The van der Waals surface area contributed by atoms with Crippen molar-refractivity contribution in [1.82, 2.24) is 9.88 Å². The summed E-state index contributed by atoms with van der Waals surface area (Å²) in [6.07, 6.45) is 4.54. The molecule has 0 saturated carbocycles. The topological polar surface area (TPSA) is 65.5 Å². The molecule has 1 atom stereocenters. The molecule has 0 aliphatic carbocycles. The van der Waals surface area contributed by atoms with Crippen LogP contribution in [0.15, 0.2) is 18.3 Å². The third-order valence-electron chi connectivity index (χ3n) is 3.70. The van der Waals surface area contributed by atoms with Crippen molar-refractivity contribution in [2.75, 3.05) is 31.6 Å². The van der Waals surface area contributed by atoms with Crippen molar-refractivity contribution in [1.29, 1.82) is 0 Å². The summed E-state index contributed by atoms with van der Waals surface area (Å²) in [5, 5.41) is 12.2. The molecule has 2 rings (SSSR count). The SMILES string of the molecule is CCNc1ccnc(C(=O)N2CCCC(CCO)C2)c1. The van der Waals surface area contributed by atoms with Gasteiger partial charge in [-0.15, -0.1) is 0 Å². The lowest BCUT2D eigenvalue weighted by atomic mass is 9.95. The minimum Gasteiger partial charge on any atom is -0.396 e. The van der Waals surface area contributed by atoms with E-state index < -0.39 is 0 Å². The number of aliphatic hydroxyl groups is 1. The molecule has 1 amide bonds. The predicted molar refractivity (Wildman–Crippen MR) is 78.7 cm³/mol. The maximum atomic E-state index is 12.5. The van der Waals surface area contributed by atoms with E-state index in [0.29, 0.717) is 11.6 Å². The van der Waals surface area contributed by atoms with Gasteiger partial charge in [-0.25, -0.2) is 0 Å². The van der Waals surface area contributed by atoms with Crippen molar-refractivity contribution in [2.24, 2.45) is 5.92 Å². The van der Waals surface area contributed by atoms with Crippen LogP contribution in [0.4, 0.5) is 5.69 Å². The Balaban J connectivity index is 2.04. The van der Waals surface area contributed by atoms with Gasteiger partial charge in [-0.05, 0) is 44.2 Å². The number of pyridine rings is 1. The molecule has 0 spiro atoms. The highest BCUT2D eigenvalue weighted by Gasteiger charge is 2.24. The summed E-state index contributed by atoms with van der Waals surface area (Å²) < 4.78 is 0. The van der Waals surface area contributed by atoms with Crippen molar-refractivity contribution in [3.8, 4) is 0 Å². The summed E-state index contributed by atoms with van der Waals surface area (Å²) in [5.41, 5.74) is 1.42. The Morgan fingerprint density at radius 1 is 1.60 bits per heavy atom. The normalized spacial score (nSPS) is 18.9. The van der Waals surface area contributed by atoms with Gasteiger partial charge in [0.1, 0.15) is 5.69 Å². The zero-order valence-electron chi connectivity index (χ0n) is 12.0. The van der Waals surface area contributed by atoms with Crippen LogP contribution >= 0.6 is 0 Å². The van der Waals surface area contributed by atoms with Crippen LogP contribution in [0.5, 0.6) is 0 Å². The molecule has 2 N–H and O–H groups in total. The molecule has 5 nitrogen and oxygen atoms in total. The molecule has 1 aromatic heterocycles. The fourth-order valence-electron chi connectivity index (χ4n) is 2.69. The van der Waals surface area contributed by atoms with Crippen molar-refractivity contribution in [2.45, 2.75) is 26.2 Å². The van der Waals surface area contributed by atoms with Crippen LogP contribution in [0.3, 0.4) is 0 Å². The van der Waals surface area contributed by atoms with Crippen molar-refractivity contribution >= 4 is 11.6 Å². The van der Waals surface area contributed by atoms with E-state index >= 15 is 0 Å². The fourth-order valence-corrected chi connectivity index (χ4v) is 2.69. The number of anilines is 1. The molecule has 0 bridgehead atoms. The summed E-state index contributed by atoms with van der Waals surface area (Å²) >= 11 is 0. The second-order valence-electron chi connectivity index (χ2n) is 5.23. The van der Waals surface area contributed by atoms with E-state index in [1.165, 1.54) is 0 Å². The summed E-state index contributed by atoms with van der Waals surface area (Å²) in [6.45, 7) is 4.55. The Morgan fingerprint density at radius 3 is 3.20 bits per heavy atom. The van der Waals surface area contributed by atoms with Gasteiger partial charge in [-0.3, -0.25) is 9.78 Å². The van der Waals surface area contributed by atoms with Crippen molar-refractivity contribution in [3.63, 3.8) is 0 Å². The number of aromatic nitrogens is 1. The number of hydrogen-bond donors (Lipinski definition) is 2. The number of likely N-dealkylation sites (tertiary alicyclic amines) is 1. The third kappa shape index (κ3) is 3.70. The number of nitrogens with zero attached hydrogens (tertiary/aromatic N) is 2. The van der Waals surface area contributed by atoms with Crippen LogP contribution in [0, 0.1) is 5.92 Å². The van der Waals surface area contributed by atoms with Gasteiger partial charge in [0, 0.05) is 38.1 Å². The number of aliphatic hydroxyl groups excluding tert-OH is 1. The third-order valence-corrected chi connectivity index (χ3v) is 3.70. The standard InChI is InChI=1S/C15H23N3O2/c1-2-16-13-5-7-17-14(10-13)15(20)18-8-3-4-12(11-18)6-9-19/h5,7,10,12,19H,2-4,6,8-9,11H2,1H3,(H,16,17). The van der Waals surface area contributed by atoms with Crippen LogP contribution in [0.1, 0.15) is 36.7 Å². The minimum atomic E-state index is -0.00704. The molecule has 0 aromatic carbocycles. The summed E-state index contributed by atoms with van der Waals surface area (Å²) in [5.74, 6) is 0.405. The average molecular weight is 277 g/mol. The Hall–Kier alpha value is -1.62. The number of rotatable bonds is 5. The number of piperidine rings is 1. The smallest absolute Gasteiger partial charge is 0.272 e. The van der Waals surface area contributed by atoms with E-state index in [1.807, 2.05) is 24.0 Å². The summed E-state index contributed by atoms with van der Waals surface area (Å²) in [6, 6.07) is 3.67. The van der Waals surface area contributed by atoms with E-state index in [-0.39, 0.29) is 12.5 Å². The van der Waals surface area contributed by atoms with Crippen LogP contribution in [-0.2, 0) is 0 Å². The molecule has 5 heteroatoms. The molecule has 1 aliphatic heterocycles. The Labute approximate surface area is 120 Å². The molecule has 1 aliphatic rings. The monoisotopic (exact) mass is 277 g/mol. The molecule has 20 heavy (non-hydrogen) atoms. The van der Waals surface area contributed by atoms with Crippen molar-refractivity contribution < 1.29 is 9.90 Å². The van der Waals surface area contributed by atoms with Crippen molar-refractivity contribution in [3.05, 3.63) is 24.0 Å². The zero-order chi connectivity index (χ0) is 14.4. The maximum Gasteiger partial charge on any atom is 0.272 e. The van der Waals surface area contributed by atoms with Gasteiger partial charge in [0.25, 0.3) is 5.91 Å². The lowest BCUT2D eigenvalue weighted by Crippen LogP contribution is -2.40. The van der Waals surface area contributed by atoms with Gasteiger partial charge < -0.3 is 15.3 Å². The van der Waals surface area contributed by atoms with Crippen LogP contribution in [0.25, 0.3) is 0 Å². The van der Waals surface area contributed by atoms with E-state index in [0.717, 1.165) is 44.6 Å². The van der Waals surface area contributed by atoms with Gasteiger partial charge >= 0.3 is 0 Å². The number of hydrogen-bond acceptors (Lipinski definition) is 4. The number of carbonyl (C=O) groups excluding carboxylic acids is 1. The summed E-state index contributed by atoms with van der Waals surface area (Å²) in [7, 11) is 0. The number of nitrogens with one attached hydrogen (secondary N) is 1. The zero-order valence-corrected chi connectivity index (χ0v) is 12.0. The highest BCUT2D eigenvalue weighted by molar-refractivity contribution is 5.93. The molecule has 1 aromatic rings. The second-order valence-corrected chi connectivity index (χ2v) is 5.23. The van der Waals surface area contributed by atoms with Gasteiger partial charge in [0.2, 0.25) is 0 Å². The molecule has 110 valence electrons. The molecule has 1 unspecified atom stereocenters. The molecular formula is C15H23N3O2. The lowest BCUT2D eigenvalue weighted by molar-refractivity contribution is 0.0648. The van der Waals surface area contributed by atoms with E-state index in [4.69, 9.17) is 5.11 Å². The maximum absolute atomic E-state index is 12.5. The molecular weight excluding hydrogens is 254 g/mol. The molecule has 1 fully saturated rings. The first-order valence-electron chi connectivity index (χ1n) is 7.34. The highest BCUT2D eigenvalue weighted by Crippen LogP contribution is 2.21. The Kier molecular flexibility index (Phi) is 5.35. The van der Waals surface area contributed by atoms with E-state index in [1.54, 1.807) is 6.20 Å². The first-order chi connectivity index (χ1) is 9.74. The van der Waals surface area contributed by atoms with Gasteiger partial charge in [0.05, 0.1) is 0 Å². The Bertz CT molecular complexity index is 448. The lowest BCUT2D eigenvalue weighted by Gasteiger charge is -2.32. The van der Waals surface area contributed by atoms with Gasteiger partial charge in [0.15, 0.2) is 0 Å². The van der Waals surface area contributed by atoms with Gasteiger partial charge in [-0.2, -0.15) is 0 Å². The minimum absolute atomic E-state index is 0.00704. The van der Waals surface area contributed by atoms with Gasteiger partial charge in [-0.1, -0.05) is 0 Å². The Morgan fingerprint density at radius 2 is 2.45 bits per heavy atom. The van der Waals surface area contributed by atoms with Crippen LogP contribution < -0.4 is 5.32 Å². The first kappa shape index (κ1) is 14.8. The first-order valence-corrected chi connectivity index (χ1v) is 7.34. The predicted octanol–water partition coefficient (Wildman–Crippen LogP) is 1.75. The molecule has 2 heterocycles. The van der Waals surface area contributed by atoms with E-state index in [2.05, 4.69) is 10.3 Å².